The van der Waals surface area contributed by atoms with Gasteiger partial charge < -0.3 is 5.21 Å². The summed E-state index contributed by atoms with van der Waals surface area (Å²) in [5, 5.41) is 16.1. The van der Waals surface area contributed by atoms with Gasteiger partial charge in [0.1, 0.15) is 18.1 Å². The molecule has 1 aliphatic heterocycles. The molecule has 0 aromatic heterocycles. The van der Waals surface area contributed by atoms with Crippen molar-refractivity contribution in [1.29, 1.82) is 0 Å². The van der Waals surface area contributed by atoms with Gasteiger partial charge in [0.25, 0.3) is 0 Å². The molecule has 21 heavy (non-hydrogen) atoms. The summed E-state index contributed by atoms with van der Waals surface area (Å²) >= 11 is 3.39. The number of allylic oxidation sites excluding steroid dienone is 1. The van der Waals surface area contributed by atoms with Crippen molar-refractivity contribution in [3.8, 4) is 0 Å². The van der Waals surface area contributed by atoms with Crippen LogP contribution in [0.4, 0.5) is 18.9 Å². The smallest absolute Gasteiger partial charge is 0.416 e. The number of alkyl halides is 3. The van der Waals surface area contributed by atoms with Crippen LogP contribution in [0.5, 0.6) is 0 Å². The zero-order valence-corrected chi connectivity index (χ0v) is 13.5. The summed E-state index contributed by atoms with van der Waals surface area (Å²) in [6.45, 7) is 5.42. The number of nitrogens with zero attached hydrogens (tertiary/aromatic N) is 1. The molecule has 1 aliphatic rings. The zero-order chi connectivity index (χ0) is 16.1. The topological polar surface area (TPSA) is 35.1 Å². The highest BCUT2D eigenvalue weighted by Gasteiger charge is 2.39. The summed E-state index contributed by atoms with van der Waals surface area (Å²) in [6.07, 6.45) is -4.47. The maximum absolute atomic E-state index is 13.1. The van der Waals surface area contributed by atoms with Gasteiger partial charge in [-0.05, 0) is 41.9 Å². The van der Waals surface area contributed by atoms with E-state index in [1.807, 2.05) is 13.8 Å². The number of hydrogen-bond acceptors (Lipinski definition) is 2. The fourth-order valence-electron chi connectivity index (χ4n) is 2.31. The maximum Gasteiger partial charge on any atom is 0.416 e. The lowest BCUT2D eigenvalue weighted by Crippen LogP contribution is -2.59. The molecule has 3 nitrogen and oxygen atoms in total. The fraction of sp³-hybridized carbons (Fsp3) is 0.429. The molecular weight excluding hydrogens is 349 g/mol. The van der Waals surface area contributed by atoms with Crippen molar-refractivity contribution in [2.24, 2.45) is 0 Å². The maximum atomic E-state index is 13.1. The van der Waals surface area contributed by atoms with Crippen LogP contribution in [0.25, 0.3) is 0 Å². The van der Waals surface area contributed by atoms with E-state index in [1.165, 1.54) is 12.1 Å². The van der Waals surface area contributed by atoms with Crippen molar-refractivity contribution in [2.45, 2.75) is 32.5 Å². The minimum Gasteiger partial charge on any atom is -0.621 e. The van der Waals surface area contributed by atoms with Crippen LogP contribution in [-0.2, 0) is 6.18 Å². The first-order valence-corrected chi connectivity index (χ1v) is 7.17. The van der Waals surface area contributed by atoms with E-state index in [1.54, 1.807) is 6.92 Å². The highest BCUT2D eigenvalue weighted by atomic mass is 79.9. The van der Waals surface area contributed by atoms with Crippen molar-refractivity contribution in [2.75, 3.05) is 6.67 Å². The molecule has 1 heterocycles. The molecule has 7 heteroatoms. The number of hydroxylamine groups is 2. The SMILES string of the molecule is CC1=C(Br)C(C)(C)NC[N+]1([O-])c1cccc(C(F)(F)F)c1. The second kappa shape index (κ2) is 5.08. The summed E-state index contributed by atoms with van der Waals surface area (Å²) in [5.41, 5.74) is -0.736. The van der Waals surface area contributed by atoms with Gasteiger partial charge >= 0.3 is 6.18 Å². The molecular formula is C14H16BrF3N2O. The van der Waals surface area contributed by atoms with Gasteiger partial charge in [-0.3, -0.25) is 9.96 Å². The van der Waals surface area contributed by atoms with E-state index in [9.17, 15) is 18.4 Å². The Morgan fingerprint density at radius 1 is 1.33 bits per heavy atom. The predicted octanol–water partition coefficient (Wildman–Crippen LogP) is 4.48. The molecule has 0 radical (unpaired) electrons. The summed E-state index contributed by atoms with van der Waals surface area (Å²) in [5.74, 6) is 0. The number of quaternary nitrogens is 1. The molecule has 0 saturated heterocycles. The van der Waals surface area contributed by atoms with Crippen LogP contribution in [-0.4, -0.2) is 12.2 Å². The molecule has 2 rings (SSSR count). The van der Waals surface area contributed by atoms with Crippen molar-refractivity contribution in [1.82, 2.24) is 9.96 Å². The van der Waals surface area contributed by atoms with Crippen molar-refractivity contribution in [3.63, 3.8) is 0 Å². The number of halogens is 4. The van der Waals surface area contributed by atoms with Gasteiger partial charge in [0.15, 0.2) is 0 Å². The van der Waals surface area contributed by atoms with Gasteiger partial charge in [-0.2, -0.15) is 13.2 Å². The van der Waals surface area contributed by atoms with Crippen LogP contribution in [0, 0.1) is 5.21 Å². The molecule has 0 spiro atoms. The van der Waals surface area contributed by atoms with Crippen LogP contribution in [0.1, 0.15) is 26.3 Å². The molecule has 1 N–H and O–H groups in total. The van der Waals surface area contributed by atoms with Gasteiger partial charge in [-0.15, -0.1) is 0 Å². The van der Waals surface area contributed by atoms with Gasteiger partial charge in [0, 0.05) is 13.0 Å². The first-order chi connectivity index (χ1) is 9.48. The minimum absolute atomic E-state index is 0.0186. The number of nitrogens with one attached hydrogen (secondary N) is 1. The Labute approximate surface area is 129 Å². The Hall–Kier alpha value is -0.890. The average molecular weight is 365 g/mol. The lowest BCUT2D eigenvalue weighted by Gasteiger charge is -2.49. The van der Waals surface area contributed by atoms with E-state index in [4.69, 9.17) is 0 Å². The standard InChI is InChI=1S/C14H16BrF3N2O/c1-9-12(15)13(2,3)19-8-20(9,21)11-6-4-5-10(7-11)14(16,17)18/h4-7,19H,8H2,1-3H3. The van der Waals surface area contributed by atoms with Gasteiger partial charge in [-0.25, -0.2) is 0 Å². The number of benzene rings is 1. The third kappa shape index (κ3) is 2.88. The van der Waals surface area contributed by atoms with Crippen LogP contribution in [0.3, 0.4) is 0 Å². The first-order valence-electron chi connectivity index (χ1n) is 6.38. The number of hydrogen-bond donors (Lipinski definition) is 1. The van der Waals surface area contributed by atoms with Gasteiger partial charge in [-0.1, -0.05) is 6.07 Å². The van der Waals surface area contributed by atoms with Gasteiger partial charge in [0.2, 0.25) is 0 Å². The van der Waals surface area contributed by atoms with Crippen molar-refractivity contribution < 1.29 is 13.2 Å². The molecule has 0 fully saturated rings. The van der Waals surface area contributed by atoms with Crippen molar-refractivity contribution >= 4 is 21.6 Å². The van der Waals surface area contributed by atoms with E-state index in [0.717, 1.165) is 12.1 Å². The van der Waals surface area contributed by atoms with Gasteiger partial charge in [0.05, 0.1) is 15.6 Å². The Bertz CT molecular complexity index is 598. The Kier molecular flexibility index (Phi) is 3.99. The summed E-state index contributed by atoms with van der Waals surface area (Å²) in [7, 11) is 0. The average Bonchev–Trinajstić information content (AvgIpc) is 2.41. The molecule has 0 saturated carbocycles. The molecule has 0 bridgehead atoms. The van der Waals surface area contributed by atoms with E-state index in [2.05, 4.69) is 21.2 Å². The largest absolute Gasteiger partial charge is 0.621 e. The Morgan fingerprint density at radius 3 is 2.52 bits per heavy atom. The minimum atomic E-state index is -4.47. The van der Waals surface area contributed by atoms with E-state index < -0.39 is 21.9 Å². The molecule has 1 aromatic rings. The highest BCUT2D eigenvalue weighted by Crippen LogP contribution is 2.40. The summed E-state index contributed by atoms with van der Waals surface area (Å²) in [6, 6.07) is 4.56. The number of rotatable bonds is 1. The third-order valence-corrected chi connectivity index (χ3v) is 5.31. The van der Waals surface area contributed by atoms with Crippen LogP contribution in [0.2, 0.25) is 0 Å². The predicted molar refractivity (Wildman–Crippen MR) is 80.3 cm³/mol. The first kappa shape index (κ1) is 16.5. The quantitative estimate of drug-likeness (QED) is 0.589. The van der Waals surface area contributed by atoms with E-state index >= 15 is 0 Å². The van der Waals surface area contributed by atoms with E-state index in [0.29, 0.717) is 10.2 Å². The van der Waals surface area contributed by atoms with E-state index in [-0.39, 0.29) is 12.4 Å². The Morgan fingerprint density at radius 2 is 1.95 bits per heavy atom. The Balaban J connectivity index is 2.54. The summed E-state index contributed by atoms with van der Waals surface area (Å²) in [4.78, 5) is 0. The molecule has 0 amide bonds. The highest BCUT2D eigenvalue weighted by molar-refractivity contribution is 9.11. The second-order valence-electron chi connectivity index (χ2n) is 5.65. The third-order valence-electron chi connectivity index (χ3n) is 3.74. The normalized spacial score (nSPS) is 26.1. The van der Waals surface area contributed by atoms with Crippen molar-refractivity contribution in [3.05, 3.63) is 45.2 Å². The summed E-state index contributed by atoms with van der Waals surface area (Å²) < 4.78 is 38.1. The molecule has 1 unspecified atom stereocenters. The monoisotopic (exact) mass is 364 g/mol. The fourth-order valence-corrected chi connectivity index (χ4v) is 2.73. The molecule has 116 valence electrons. The van der Waals surface area contributed by atoms with Crippen LogP contribution < -0.4 is 9.96 Å². The zero-order valence-electron chi connectivity index (χ0n) is 11.9. The second-order valence-corrected chi connectivity index (χ2v) is 6.44. The lowest BCUT2D eigenvalue weighted by molar-refractivity contribution is -0.137. The molecule has 0 aliphatic carbocycles. The molecule has 1 aromatic carbocycles. The molecule has 1 atom stereocenters. The van der Waals surface area contributed by atoms with Crippen LogP contribution in [0.15, 0.2) is 34.4 Å². The lowest BCUT2D eigenvalue weighted by atomic mass is 10.0. The van der Waals surface area contributed by atoms with Crippen LogP contribution >= 0.6 is 15.9 Å².